The lowest BCUT2D eigenvalue weighted by Gasteiger charge is -2.28. The van der Waals surface area contributed by atoms with Gasteiger partial charge < -0.3 is 4.90 Å². The normalized spacial score (nSPS) is 22.9. The minimum Gasteiger partial charge on any atom is -0.340 e. The molecule has 1 amide bonds. The average Bonchev–Trinajstić information content (AvgIpc) is 2.63. The van der Waals surface area contributed by atoms with Gasteiger partial charge in [-0.05, 0) is 44.9 Å². The van der Waals surface area contributed by atoms with Gasteiger partial charge in [0.15, 0.2) is 0 Å². The van der Waals surface area contributed by atoms with E-state index in [2.05, 4.69) is 25.3 Å². The summed E-state index contributed by atoms with van der Waals surface area (Å²) in [6.07, 6.45) is 15.1. The predicted octanol–water partition coefficient (Wildman–Crippen LogP) is 5.33. The average molecular weight is 293 g/mol. The first-order valence-electron chi connectivity index (χ1n) is 9.05. The highest BCUT2D eigenvalue weighted by molar-refractivity contribution is 5.76. The maximum absolute atomic E-state index is 12.4. The highest BCUT2D eigenvalue weighted by Crippen LogP contribution is 2.22. The van der Waals surface area contributed by atoms with Gasteiger partial charge in [0.1, 0.15) is 0 Å². The topological polar surface area (TPSA) is 20.3 Å². The number of unbranched alkanes of at least 4 members (excludes halogenated alkanes) is 6. The van der Waals surface area contributed by atoms with Crippen LogP contribution in [0.5, 0.6) is 0 Å². The molecule has 0 aliphatic carbocycles. The van der Waals surface area contributed by atoms with Gasteiger partial charge in [0.2, 0.25) is 5.91 Å². The number of rotatable bonds is 9. The van der Waals surface area contributed by atoms with Gasteiger partial charge in [-0.15, -0.1) is 6.58 Å². The molecule has 0 bridgehead atoms. The van der Waals surface area contributed by atoms with Crippen molar-refractivity contribution in [3.05, 3.63) is 12.7 Å². The Hall–Kier alpha value is -0.790. The number of amides is 1. The number of nitrogens with zero attached hydrogens (tertiary/aromatic N) is 1. The lowest BCUT2D eigenvalue weighted by molar-refractivity contribution is -0.133. The van der Waals surface area contributed by atoms with E-state index in [1.54, 1.807) is 0 Å². The predicted molar refractivity (Wildman–Crippen MR) is 91.3 cm³/mol. The van der Waals surface area contributed by atoms with Crippen molar-refractivity contribution < 1.29 is 4.79 Å². The van der Waals surface area contributed by atoms with Crippen molar-refractivity contribution in [3.8, 4) is 0 Å². The molecule has 21 heavy (non-hydrogen) atoms. The molecular formula is C19H35NO. The molecule has 1 aliphatic heterocycles. The van der Waals surface area contributed by atoms with Crippen molar-refractivity contribution in [1.82, 2.24) is 4.90 Å². The molecule has 0 N–H and O–H groups in total. The number of allylic oxidation sites excluding steroid dienone is 1. The molecule has 1 fully saturated rings. The Morgan fingerprint density at radius 2 is 1.76 bits per heavy atom. The van der Waals surface area contributed by atoms with Gasteiger partial charge in [0.25, 0.3) is 0 Å². The second-order valence-corrected chi connectivity index (χ2v) is 6.88. The number of carbonyl (C=O) groups is 1. The summed E-state index contributed by atoms with van der Waals surface area (Å²) in [5, 5.41) is 0. The summed E-state index contributed by atoms with van der Waals surface area (Å²) < 4.78 is 0. The van der Waals surface area contributed by atoms with Crippen LogP contribution in [0.15, 0.2) is 12.7 Å². The highest BCUT2D eigenvalue weighted by Gasteiger charge is 2.24. The lowest BCUT2D eigenvalue weighted by atomic mass is 10.1. The summed E-state index contributed by atoms with van der Waals surface area (Å²) in [5.41, 5.74) is 0. The van der Waals surface area contributed by atoms with Gasteiger partial charge in [-0.1, -0.05) is 45.1 Å². The van der Waals surface area contributed by atoms with Crippen LogP contribution in [0.1, 0.15) is 84.5 Å². The van der Waals surface area contributed by atoms with Crippen LogP contribution in [0.3, 0.4) is 0 Å². The highest BCUT2D eigenvalue weighted by atomic mass is 16.2. The van der Waals surface area contributed by atoms with Gasteiger partial charge >= 0.3 is 0 Å². The summed E-state index contributed by atoms with van der Waals surface area (Å²) in [4.78, 5) is 14.6. The zero-order valence-electron chi connectivity index (χ0n) is 14.3. The van der Waals surface area contributed by atoms with Crippen molar-refractivity contribution in [1.29, 1.82) is 0 Å². The molecule has 1 heterocycles. The summed E-state index contributed by atoms with van der Waals surface area (Å²) in [6, 6.07) is 0.446. The minimum absolute atomic E-state index is 0.392. The van der Waals surface area contributed by atoms with E-state index in [0.29, 0.717) is 17.9 Å². The fourth-order valence-corrected chi connectivity index (χ4v) is 3.29. The molecule has 0 saturated carbocycles. The smallest absolute Gasteiger partial charge is 0.222 e. The van der Waals surface area contributed by atoms with Gasteiger partial charge in [-0.25, -0.2) is 0 Å². The van der Waals surface area contributed by atoms with Crippen LogP contribution >= 0.6 is 0 Å². The van der Waals surface area contributed by atoms with Gasteiger partial charge in [0, 0.05) is 19.0 Å². The quantitative estimate of drug-likeness (QED) is 0.415. The number of carbonyl (C=O) groups excluding carboxylic acids is 1. The van der Waals surface area contributed by atoms with Crippen LogP contribution in [0.25, 0.3) is 0 Å². The van der Waals surface area contributed by atoms with Crippen molar-refractivity contribution >= 4 is 5.91 Å². The number of likely N-dealkylation sites (tertiary alicyclic amines) is 1. The molecule has 1 rings (SSSR count). The maximum Gasteiger partial charge on any atom is 0.222 e. The number of hydrogen-bond acceptors (Lipinski definition) is 1. The van der Waals surface area contributed by atoms with E-state index >= 15 is 0 Å². The zero-order valence-corrected chi connectivity index (χ0v) is 14.3. The molecule has 2 atom stereocenters. The van der Waals surface area contributed by atoms with Gasteiger partial charge in [-0.3, -0.25) is 4.79 Å². The van der Waals surface area contributed by atoms with Crippen LogP contribution in [0.4, 0.5) is 0 Å². The Morgan fingerprint density at radius 3 is 2.48 bits per heavy atom. The molecule has 0 aromatic heterocycles. The second kappa shape index (κ2) is 10.9. The van der Waals surface area contributed by atoms with Crippen LogP contribution < -0.4 is 0 Å². The molecule has 1 aliphatic rings. The summed E-state index contributed by atoms with van der Waals surface area (Å²) in [7, 11) is 0. The third-order valence-corrected chi connectivity index (χ3v) is 4.73. The van der Waals surface area contributed by atoms with Crippen LogP contribution in [-0.4, -0.2) is 23.4 Å². The van der Waals surface area contributed by atoms with E-state index in [0.717, 1.165) is 25.8 Å². The molecule has 122 valence electrons. The monoisotopic (exact) mass is 293 g/mol. The Kier molecular flexibility index (Phi) is 9.45. The van der Waals surface area contributed by atoms with Gasteiger partial charge in [0.05, 0.1) is 0 Å². The molecule has 0 spiro atoms. The van der Waals surface area contributed by atoms with E-state index in [1.165, 1.54) is 51.4 Å². The Bertz CT molecular complexity index is 300. The van der Waals surface area contributed by atoms with E-state index in [4.69, 9.17) is 0 Å². The van der Waals surface area contributed by atoms with E-state index in [-0.39, 0.29) is 0 Å². The third kappa shape index (κ3) is 7.68. The van der Waals surface area contributed by atoms with Crippen molar-refractivity contribution in [2.75, 3.05) is 6.54 Å². The molecular weight excluding hydrogens is 258 g/mol. The first-order chi connectivity index (χ1) is 10.1. The molecule has 0 aromatic carbocycles. The zero-order chi connectivity index (χ0) is 15.5. The third-order valence-electron chi connectivity index (χ3n) is 4.73. The van der Waals surface area contributed by atoms with Crippen LogP contribution in [0, 0.1) is 5.92 Å². The Morgan fingerprint density at radius 1 is 1.10 bits per heavy atom. The summed E-state index contributed by atoms with van der Waals surface area (Å²) in [5.74, 6) is 1.06. The molecule has 2 heteroatoms. The molecule has 0 aromatic rings. The molecule has 0 radical (unpaired) electrons. The van der Waals surface area contributed by atoms with E-state index in [9.17, 15) is 4.79 Å². The molecule has 1 saturated heterocycles. The Balaban J connectivity index is 2.13. The van der Waals surface area contributed by atoms with E-state index in [1.807, 2.05) is 6.08 Å². The fourth-order valence-electron chi connectivity index (χ4n) is 3.29. The first kappa shape index (κ1) is 18.3. The van der Waals surface area contributed by atoms with Crippen LogP contribution in [0.2, 0.25) is 0 Å². The fraction of sp³-hybridized carbons (Fsp3) is 0.842. The SMILES string of the molecule is C=CCCCCCCCCC(=O)N1CC(C)CCCC1C. The van der Waals surface area contributed by atoms with Crippen LogP contribution in [-0.2, 0) is 4.79 Å². The largest absolute Gasteiger partial charge is 0.340 e. The van der Waals surface area contributed by atoms with Crippen molar-refractivity contribution in [2.24, 2.45) is 5.92 Å². The van der Waals surface area contributed by atoms with Gasteiger partial charge in [-0.2, -0.15) is 0 Å². The molecule has 2 unspecified atom stereocenters. The second-order valence-electron chi connectivity index (χ2n) is 6.88. The first-order valence-corrected chi connectivity index (χ1v) is 9.05. The van der Waals surface area contributed by atoms with Crippen molar-refractivity contribution in [2.45, 2.75) is 90.5 Å². The summed E-state index contributed by atoms with van der Waals surface area (Å²) in [6.45, 7) is 9.22. The lowest BCUT2D eigenvalue weighted by Crippen LogP contribution is -2.39. The van der Waals surface area contributed by atoms with Crippen molar-refractivity contribution in [3.63, 3.8) is 0 Å². The van der Waals surface area contributed by atoms with E-state index < -0.39 is 0 Å². The Labute approximate surface area is 132 Å². The summed E-state index contributed by atoms with van der Waals surface area (Å²) >= 11 is 0. The number of hydrogen-bond donors (Lipinski definition) is 0. The standard InChI is InChI=1S/C19H35NO/c1-4-5-6-7-8-9-10-11-15-19(21)20-16-17(2)13-12-14-18(20)3/h4,17-18H,1,5-16H2,2-3H3. The molecule has 2 nitrogen and oxygen atoms in total. The maximum atomic E-state index is 12.4. The minimum atomic E-state index is 0.392.